The van der Waals surface area contributed by atoms with E-state index in [4.69, 9.17) is 9.68 Å². The molecule has 0 spiro atoms. The normalized spacial score (nSPS) is 10.6. The first kappa shape index (κ1) is 12.1. The Morgan fingerprint density at radius 1 is 1.35 bits per heavy atom. The summed E-state index contributed by atoms with van der Waals surface area (Å²) in [6.07, 6.45) is 2.57. The molecule has 0 saturated heterocycles. The molecule has 0 radical (unpaired) electrons. The maximum Gasteiger partial charge on any atom is 0.417 e. The summed E-state index contributed by atoms with van der Waals surface area (Å²) in [5.74, 6) is 0.152. The lowest BCUT2D eigenvalue weighted by molar-refractivity contribution is 0.555. The number of H-pyrrole nitrogens is 1. The summed E-state index contributed by atoms with van der Waals surface area (Å²) in [5, 5.41) is 8.58. The molecule has 0 aliphatic carbocycles. The van der Waals surface area contributed by atoms with Gasteiger partial charge in [-0.3, -0.25) is 4.98 Å². The number of rotatable bonds is 3. The fraction of sp³-hybridized carbons (Fsp3) is 0.143. The van der Waals surface area contributed by atoms with Gasteiger partial charge < -0.3 is 4.42 Å². The van der Waals surface area contributed by atoms with Crippen LogP contribution < -0.4 is 5.76 Å². The zero-order valence-electron chi connectivity index (χ0n) is 10.5. The lowest BCUT2D eigenvalue weighted by atomic mass is 10.1. The molecule has 1 N–H and O–H groups in total. The second-order valence-electron chi connectivity index (χ2n) is 4.24. The summed E-state index contributed by atoms with van der Waals surface area (Å²) in [5.41, 5.74) is 2.74. The van der Waals surface area contributed by atoms with E-state index in [9.17, 15) is 4.79 Å². The summed E-state index contributed by atoms with van der Waals surface area (Å²) >= 11 is 0. The average molecular weight is 266 g/mol. The molecular formula is C14H10N4O2. The number of aromatic nitrogens is 3. The highest BCUT2D eigenvalue weighted by Gasteiger charge is 2.06. The molecule has 20 heavy (non-hydrogen) atoms. The molecular weight excluding hydrogens is 256 g/mol. The van der Waals surface area contributed by atoms with Crippen LogP contribution in [0.1, 0.15) is 12.2 Å². The Hall–Kier alpha value is -2.94. The Bertz CT molecular complexity index is 857. The van der Waals surface area contributed by atoms with Gasteiger partial charge in [0.1, 0.15) is 5.82 Å². The minimum absolute atomic E-state index is 0.386. The Kier molecular flexibility index (Phi) is 3.01. The van der Waals surface area contributed by atoms with Crippen LogP contribution in [-0.4, -0.2) is 15.0 Å². The van der Waals surface area contributed by atoms with Crippen molar-refractivity contribution in [1.29, 1.82) is 5.26 Å². The van der Waals surface area contributed by atoms with Crippen LogP contribution in [0.15, 0.2) is 39.7 Å². The van der Waals surface area contributed by atoms with E-state index in [1.807, 2.05) is 6.07 Å². The molecule has 0 fully saturated rings. The molecule has 3 rings (SSSR count). The number of hydrogen-bond donors (Lipinski definition) is 1. The summed E-state index contributed by atoms with van der Waals surface area (Å²) in [6.45, 7) is 0. The van der Waals surface area contributed by atoms with Crippen molar-refractivity contribution in [2.45, 2.75) is 12.8 Å². The topological polar surface area (TPSA) is 95.6 Å². The van der Waals surface area contributed by atoms with E-state index >= 15 is 0 Å². The summed E-state index contributed by atoms with van der Waals surface area (Å²) in [6, 6.07) is 9.21. The average Bonchev–Trinajstić information content (AvgIpc) is 2.84. The van der Waals surface area contributed by atoms with E-state index in [2.05, 4.69) is 21.0 Å². The first-order chi connectivity index (χ1) is 9.76. The van der Waals surface area contributed by atoms with Crippen molar-refractivity contribution in [1.82, 2.24) is 15.0 Å². The number of benzene rings is 1. The number of fused-ring (bicyclic) bond motifs is 1. The molecule has 0 amide bonds. The monoisotopic (exact) mass is 266 g/mol. The second kappa shape index (κ2) is 4.97. The highest BCUT2D eigenvalue weighted by Crippen LogP contribution is 2.21. The standard InChI is InChI=1S/C14H10N4O2/c15-6-1-2-13-16-7-5-10(17-13)9-3-4-12-11(8-9)18-14(19)20-12/h3-5,7-8H,1-2H2,(H,18,19). The van der Waals surface area contributed by atoms with Gasteiger partial charge in [-0.25, -0.2) is 14.8 Å². The summed E-state index contributed by atoms with van der Waals surface area (Å²) < 4.78 is 4.96. The Balaban J connectivity index is 2.01. The number of aromatic amines is 1. The third kappa shape index (κ3) is 2.29. The molecule has 98 valence electrons. The van der Waals surface area contributed by atoms with Gasteiger partial charge in [-0.2, -0.15) is 5.26 Å². The number of nitrogens with one attached hydrogen (secondary N) is 1. The molecule has 0 saturated carbocycles. The van der Waals surface area contributed by atoms with Gasteiger partial charge in [0.05, 0.1) is 17.3 Å². The molecule has 6 nitrogen and oxygen atoms in total. The molecule has 1 aromatic carbocycles. The Morgan fingerprint density at radius 2 is 2.25 bits per heavy atom. The van der Waals surface area contributed by atoms with Crippen molar-refractivity contribution in [2.24, 2.45) is 0 Å². The number of nitrogens with zero attached hydrogens (tertiary/aromatic N) is 3. The SMILES string of the molecule is N#CCCc1nccc(-c2ccc3oc(=O)[nH]c3c2)n1. The van der Waals surface area contributed by atoms with Crippen molar-refractivity contribution in [3.05, 3.63) is 46.8 Å². The third-order valence-corrected chi connectivity index (χ3v) is 2.88. The number of aryl methyl sites for hydroxylation is 1. The first-order valence-corrected chi connectivity index (χ1v) is 6.08. The molecule has 2 heterocycles. The second-order valence-corrected chi connectivity index (χ2v) is 4.24. The highest BCUT2D eigenvalue weighted by molar-refractivity contribution is 5.78. The van der Waals surface area contributed by atoms with E-state index in [-0.39, 0.29) is 0 Å². The molecule has 0 atom stereocenters. The molecule has 0 aliphatic rings. The highest BCUT2D eigenvalue weighted by atomic mass is 16.4. The van der Waals surface area contributed by atoms with Gasteiger partial charge in [0.15, 0.2) is 5.58 Å². The first-order valence-electron chi connectivity index (χ1n) is 6.08. The van der Waals surface area contributed by atoms with Crippen molar-refractivity contribution in [3.8, 4) is 17.3 Å². The number of oxazole rings is 1. The van der Waals surface area contributed by atoms with E-state index in [0.717, 1.165) is 11.3 Å². The van der Waals surface area contributed by atoms with Crippen LogP contribution in [0.5, 0.6) is 0 Å². The lowest BCUT2D eigenvalue weighted by Gasteiger charge is -2.02. The number of nitriles is 1. The van der Waals surface area contributed by atoms with Crippen LogP contribution in [0.25, 0.3) is 22.4 Å². The van der Waals surface area contributed by atoms with Crippen LogP contribution >= 0.6 is 0 Å². The molecule has 2 aromatic heterocycles. The van der Waals surface area contributed by atoms with Crippen molar-refractivity contribution in [2.75, 3.05) is 0 Å². The van der Waals surface area contributed by atoms with Crippen molar-refractivity contribution >= 4 is 11.1 Å². The summed E-state index contributed by atoms with van der Waals surface area (Å²) in [4.78, 5) is 22.3. The maximum absolute atomic E-state index is 11.1. The van der Waals surface area contributed by atoms with Crippen LogP contribution in [0.3, 0.4) is 0 Å². The van der Waals surface area contributed by atoms with Gasteiger partial charge in [-0.1, -0.05) is 0 Å². The van der Waals surface area contributed by atoms with E-state index in [1.165, 1.54) is 0 Å². The van der Waals surface area contributed by atoms with Crippen LogP contribution in [0.2, 0.25) is 0 Å². The molecule has 0 bridgehead atoms. The fourth-order valence-corrected chi connectivity index (χ4v) is 1.96. The lowest BCUT2D eigenvalue weighted by Crippen LogP contribution is -1.96. The Labute approximate surface area is 113 Å². The predicted molar refractivity (Wildman–Crippen MR) is 71.8 cm³/mol. The smallest absolute Gasteiger partial charge is 0.408 e. The van der Waals surface area contributed by atoms with Gasteiger partial charge >= 0.3 is 5.76 Å². The van der Waals surface area contributed by atoms with E-state index in [1.54, 1.807) is 24.4 Å². The van der Waals surface area contributed by atoms with Crippen molar-refractivity contribution in [3.63, 3.8) is 0 Å². The minimum Gasteiger partial charge on any atom is -0.408 e. The largest absolute Gasteiger partial charge is 0.417 e. The van der Waals surface area contributed by atoms with E-state index in [0.29, 0.717) is 29.8 Å². The molecule has 0 unspecified atom stereocenters. The molecule has 0 aliphatic heterocycles. The third-order valence-electron chi connectivity index (χ3n) is 2.88. The van der Waals surface area contributed by atoms with Crippen LogP contribution in [0, 0.1) is 11.3 Å². The van der Waals surface area contributed by atoms with Gasteiger partial charge in [-0.05, 0) is 24.3 Å². The quantitative estimate of drug-likeness (QED) is 0.782. The fourth-order valence-electron chi connectivity index (χ4n) is 1.96. The van der Waals surface area contributed by atoms with Gasteiger partial charge in [0, 0.05) is 24.6 Å². The predicted octanol–water partition coefficient (Wildman–Crippen LogP) is 2.03. The van der Waals surface area contributed by atoms with Crippen molar-refractivity contribution < 1.29 is 4.42 Å². The minimum atomic E-state index is -0.477. The van der Waals surface area contributed by atoms with Gasteiger partial charge in [-0.15, -0.1) is 0 Å². The molecule has 3 aromatic rings. The zero-order valence-corrected chi connectivity index (χ0v) is 10.5. The summed E-state index contributed by atoms with van der Waals surface area (Å²) in [7, 11) is 0. The van der Waals surface area contributed by atoms with Crippen LogP contribution in [0.4, 0.5) is 0 Å². The number of hydrogen-bond acceptors (Lipinski definition) is 5. The van der Waals surface area contributed by atoms with Crippen LogP contribution in [-0.2, 0) is 6.42 Å². The zero-order chi connectivity index (χ0) is 13.9. The Morgan fingerprint density at radius 3 is 3.10 bits per heavy atom. The van der Waals surface area contributed by atoms with Gasteiger partial charge in [0.2, 0.25) is 0 Å². The molecule has 6 heteroatoms. The van der Waals surface area contributed by atoms with Gasteiger partial charge in [0.25, 0.3) is 0 Å². The van der Waals surface area contributed by atoms with E-state index < -0.39 is 5.76 Å². The maximum atomic E-state index is 11.1.